The van der Waals surface area contributed by atoms with Crippen LogP contribution in [-0.4, -0.2) is 21.6 Å². The zero-order valence-corrected chi connectivity index (χ0v) is 12.2. The van der Waals surface area contributed by atoms with Gasteiger partial charge in [0.15, 0.2) is 0 Å². The van der Waals surface area contributed by atoms with E-state index in [4.69, 9.17) is 4.52 Å². The van der Waals surface area contributed by atoms with Crippen molar-refractivity contribution < 1.29 is 14.0 Å². The first kappa shape index (κ1) is 14.3. The molecule has 0 spiro atoms. The van der Waals surface area contributed by atoms with Gasteiger partial charge in [-0.1, -0.05) is 34.6 Å². The topological polar surface area (TPSA) is 99.1 Å². The first-order valence-electron chi connectivity index (χ1n) is 7.04. The molecule has 1 atom stereocenters. The summed E-state index contributed by atoms with van der Waals surface area (Å²) in [6.45, 7) is 0. The summed E-state index contributed by atoms with van der Waals surface area (Å²) >= 11 is 0. The Kier molecular flexibility index (Phi) is 3.39. The fraction of sp³-hybridized carbons (Fsp3) is 0.0667. The summed E-state index contributed by atoms with van der Waals surface area (Å²) in [5.41, 5.74) is 4.06. The normalized spacial score (nSPS) is 16.4. The van der Waals surface area contributed by atoms with E-state index in [0.717, 1.165) is 0 Å². The van der Waals surface area contributed by atoms with Gasteiger partial charge in [0.05, 0.1) is 11.3 Å². The molecular formula is C15H11FN6O2. The van der Waals surface area contributed by atoms with Crippen LogP contribution in [0.3, 0.4) is 0 Å². The quantitative estimate of drug-likeness (QED) is 0.767. The number of aliphatic hydroxyl groups excluding tert-OH is 1. The van der Waals surface area contributed by atoms with Crippen molar-refractivity contribution in [2.24, 2.45) is 10.3 Å². The minimum Gasteiger partial charge on any atom is -0.352 e. The molecule has 120 valence electrons. The Bertz CT molecular complexity index is 912. The number of hydrogen-bond donors (Lipinski definition) is 2. The van der Waals surface area contributed by atoms with Crippen molar-refractivity contribution in [3.8, 4) is 22.8 Å². The number of hydrogen-bond acceptors (Lipinski definition) is 8. The number of benzene rings is 2. The summed E-state index contributed by atoms with van der Waals surface area (Å²) in [5.74, 6) is -0.0374. The summed E-state index contributed by atoms with van der Waals surface area (Å²) in [6.07, 6.45) is -1.11. The molecule has 0 amide bonds. The van der Waals surface area contributed by atoms with Gasteiger partial charge < -0.3 is 9.63 Å². The number of anilines is 1. The Morgan fingerprint density at radius 1 is 1.17 bits per heavy atom. The van der Waals surface area contributed by atoms with Gasteiger partial charge in [0.2, 0.25) is 5.82 Å². The average molecular weight is 326 g/mol. The van der Waals surface area contributed by atoms with E-state index >= 15 is 0 Å². The van der Waals surface area contributed by atoms with Crippen LogP contribution in [0.1, 0.15) is 0 Å². The van der Waals surface area contributed by atoms with Gasteiger partial charge in [0.25, 0.3) is 12.2 Å². The highest BCUT2D eigenvalue weighted by atomic mass is 19.1. The van der Waals surface area contributed by atoms with Crippen LogP contribution in [0.4, 0.5) is 10.1 Å². The Morgan fingerprint density at radius 2 is 2.04 bits per heavy atom. The predicted molar refractivity (Wildman–Crippen MR) is 81.6 cm³/mol. The molecule has 0 aliphatic carbocycles. The Balaban J connectivity index is 1.67. The molecule has 1 aliphatic heterocycles. The second-order valence-electron chi connectivity index (χ2n) is 4.99. The van der Waals surface area contributed by atoms with E-state index in [-0.39, 0.29) is 11.5 Å². The van der Waals surface area contributed by atoms with Gasteiger partial charge in [-0.2, -0.15) is 10.5 Å². The maximum absolute atomic E-state index is 13.8. The third-order valence-corrected chi connectivity index (χ3v) is 3.46. The van der Waals surface area contributed by atoms with E-state index in [9.17, 15) is 9.50 Å². The lowest BCUT2D eigenvalue weighted by Gasteiger charge is -2.18. The molecule has 0 saturated heterocycles. The molecule has 2 N–H and O–H groups in total. The zero-order valence-electron chi connectivity index (χ0n) is 12.2. The van der Waals surface area contributed by atoms with Gasteiger partial charge in [-0.05, 0) is 24.3 Å². The summed E-state index contributed by atoms with van der Waals surface area (Å²) in [7, 11) is 0. The summed E-state index contributed by atoms with van der Waals surface area (Å²) in [6, 6.07) is 13.2. The molecule has 0 radical (unpaired) electrons. The van der Waals surface area contributed by atoms with E-state index in [2.05, 4.69) is 26.0 Å². The van der Waals surface area contributed by atoms with Crippen LogP contribution in [0, 0.1) is 5.82 Å². The smallest absolute Gasteiger partial charge is 0.265 e. The number of nitrogens with zero attached hydrogens (tertiary/aromatic N) is 5. The van der Waals surface area contributed by atoms with E-state index in [1.165, 1.54) is 11.1 Å². The van der Waals surface area contributed by atoms with E-state index < -0.39 is 12.2 Å². The Hall–Kier alpha value is -3.33. The van der Waals surface area contributed by atoms with Gasteiger partial charge in [-0.25, -0.2) is 9.40 Å². The van der Waals surface area contributed by atoms with Crippen molar-refractivity contribution in [2.45, 2.75) is 6.35 Å². The first-order chi connectivity index (χ1) is 11.7. The van der Waals surface area contributed by atoms with Gasteiger partial charge in [-0.3, -0.25) is 0 Å². The highest BCUT2D eigenvalue weighted by molar-refractivity contribution is 5.65. The number of nitrogens with one attached hydrogen (secondary N) is 1. The van der Waals surface area contributed by atoms with Gasteiger partial charge >= 0.3 is 0 Å². The molecule has 24 heavy (non-hydrogen) atoms. The van der Waals surface area contributed by atoms with Crippen LogP contribution in [0.15, 0.2) is 63.4 Å². The summed E-state index contributed by atoms with van der Waals surface area (Å²) < 4.78 is 19.0. The largest absolute Gasteiger partial charge is 0.352 e. The van der Waals surface area contributed by atoms with Crippen LogP contribution >= 0.6 is 0 Å². The lowest BCUT2D eigenvalue weighted by molar-refractivity contribution is 0.183. The van der Waals surface area contributed by atoms with Crippen LogP contribution in [-0.2, 0) is 0 Å². The number of aromatic nitrogens is 2. The monoisotopic (exact) mass is 326 g/mol. The third kappa shape index (κ3) is 2.46. The van der Waals surface area contributed by atoms with Gasteiger partial charge in [0.1, 0.15) is 5.82 Å². The van der Waals surface area contributed by atoms with Crippen molar-refractivity contribution in [3.05, 3.63) is 54.3 Å². The SMILES string of the molecule is OC1N=NNN1c1cccc(-c2noc(-c3ccccc3F)n2)c1. The van der Waals surface area contributed by atoms with Crippen LogP contribution in [0.5, 0.6) is 0 Å². The zero-order chi connectivity index (χ0) is 16.5. The molecule has 1 unspecified atom stereocenters. The maximum atomic E-state index is 13.8. The Labute approximate surface area is 135 Å². The molecule has 9 heteroatoms. The van der Waals surface area contributed by atoms with E-state index in [1.807, 2.05) is 0 Å². The lowest BCUT2D eigenvalue weighted by atomic mass is 10.2. The highest BCUT2D eigenvalue weighted by Crippen LogP contribution is 2.27. The van der Waals surface area contributed by atoms with Crippen molar-refractivity contribution in [1.82, 2.24) is 15.7 Å². The van der Waals surface area contributed by atoms with Crippen molar-refractivity contribution in [1.29, 1.82) is 0 Å². The molecule has 3 aromatic rings. The fourth-order valence-electron chi connectivity index (χ4n) is 2.30. The maximum Gasteiger partial charge on any atom is 0.265 e. The number of halogens is 1. The molecule has 8 nitrogen and oxygen atoms in total. The Morgan fingerprint density at radius 3 is 2.83 bits per heavy atom. The lowest BCUT2D eigenvalue weighted by Crippen LogP contribution is -2.37. The molecule has 2 heterocycles. The van der Waals surface area contributed by atoms with Crippen LogP contribution < -0.4 is 10.5 Å². The molecular weight excluding hydrogens is 315 g/mol. The molecule has 1 aliphatic rings. The average Bonchev–Trinajstić information content (AvgIpc) is 3.24. The predicted octanol–water partition coefficient (Wildman–Crippen LogP) is 2.51. The minimum absolute atomic E-state index is 0.0952. The fourth-order valence-corrected chi connectivity index (χ4v) is 2.30. The number of aliphatic hydroxyl groups is 1. The summed E-state index contributed by atoms with van der Waals surface area (Å²) in [4.78, 5) is 4.23. The van der Waals surface area contributed by atoms with E-state index in [1.54, 1.807) is 42.5 Å². The van der Waals surface area contributed by atoms with Gasteiger partial charge in [0, 0.05) is 5.56 Å². The second-order valence-corrected chi connectivity index (χ2v) is 4.99. The molecule has 0 bridgehead atoms. The van der Waals surface area contributed by atoms with E-state index in [0.29, 0.717) is 17.1 Å². The highest BCUT2D eigenvalue weighted by Gasteiger charge is 2.21. The molecule has 2 aromatic carbocycles. The first-order valence-corrected chi connectivity index (χ1v) is 7.04. The summed E-state index contributed by atoms with van der Waals surface area (Å²) in [5, 5.41) is 22.0. The van der Waals surface area contributed by atoms with Crippen molar-refractivity contribution in [3.63, 3.8) is 0 Å². The number of rotatable bonds is 3. The molecule has 4 rings (SSSR count). The van der Waals surface area contributed by atoms with Crippen LogP contribution in [0.25, 0.3) is 22.8 Å². The van der Waals surface area contributed by atoms with Crippen molar-refractivity contribution in [2.75, 3.05) is 5.01 Å². The molecule has 0 saturated carbocycles. The third-order valence-electron chi connectivity index (χ3n) is 3.46. The standard InChI is InChI=1S/C15H11FN6O2/c16-12-7-2-1-6-11(12)14-17-13(19-24-14)9-4-3-5-10(8-9)22-15(23)18-20-21-22/h1-8,15,23H,(H,18,21). The van der Waals surface area contributed by atoms with Gasteiger partial charge in [-0.15, -0.1) is 5.11 Å². The molecule has 0 fully saturated rings. The van der Waals surface area contributed by atoms with Crippen molar-refractivity contribution >= 4 is 5.69 Å². The second kappa shape index (κ2) is 5.70. The van der Waals surface area contributed by atoms with Crippen LogP contribution in [0.2, 0.25) is 0 Å². The number of hydrazine groups is 1. The minimum atomic E-state index is -1.11. The molecule has 1 aromatic heterocycles.